The molecule has 4 nitrogen and oxygen atoms in total. The first kappa shape index (κ1) is 13.1. The highest BCUT2D eigenvalue weighted by Crippen LogP contribution is 2.16. The van der Waals surface area contributed by atoms with E-state index in [2.05, 4.69) is 10.3 Å². The number of benzene rings is 1. The summed E-state index contributed by atoms with van der Waals surface area (Å²) in [6.07, 6.45) is 1.65. The van der Waals surface area contributed by atoms with Crippen LogP contribution in [0.3, 0.4) is 0 Å². The Labute approximate surface area is 113 Å². The third-order valence-electron chi connectivity index (χ3n) is 2.96. The van der Waals surface area contributed by atoms with Gasteiger partial charge in [0.2, 0.25) is 0 Å². The Bertz CT molecular complexity index is 578. The molecule has 1 aromatic carbocycles. The van der Waals surface area contributed by atoms with Crippen LogP contribution in [0.4, 0.5) is 11.4 Å². The van der Waals surface area contributed by atoms with Crippen LogP contribution in [0.15, 0.2) is 42.6 Å². The number of anilines is 2. The van der Waals surface area contributed by atoms with E-state index in [1.807, 2.05) is 44.3 Å². The van der Waals surface area contributed by atoms with Crippen LogP contribution in [0.2, 0.25) is 0 Å². The molecule has 2 rings (SSSR count). The summed E-state index contributed by atoms with van der Waals surface area (Å²) < 4.78 is 0. The highest BCUT2D eigenvalue weighted by molar-refractivity contribution is 6.04. The summed E-state index contributed by atoms with van der Waals surface area (Å²) in [5, 5.41) is 2.97. The van der Waals surface area contributed by atoms with Gasteiger partial charge in [-0.05, 0) is 36.8 Å². The molecule has 2 aromatic rings. The molecule has 0 radical (unpaired) electrons. The van der Waals surface area contributed by atoms with Crippen molar-refractivity contribution in [3.8, 4) is 0 Å². The van der Waals surface area contributed by atoms with Crippen molar-refractivity contribution in [3.05, 3.63) is 53.9 Å². The van der Waals surface area contributed by atoms with Crippen molar-refractivity contribution in [1.29, 1.82) is 0 Å². The van der Waals surface area contributed by atoms with Crippen LogP contribution in [0.25, 0.3) is 0 Å². The summed E-state index contributed by atoms with van der Waals surface area (Å²) in [7, 11) is 3.57. The molecule has 0 atom stereocenters. The Balaban J connectivity index is 2.23. The first-order valence-corrected chi connectivity index (χ1v) is 6.10. The molecule has 0 aliphatic rings. The van der Waals surface area contributed by atoms with E-state index in [0.717, 1.165) is 16.9 Å². The van der Waals surface area contributed by atoms with Crippen LogP contribution in [0.5, 0.6) is 0 Å². The molecule has 0 fully saturated rings. The van der Waals surface area contributed by atoms with Crippen molar-refractivity contribution in [3.63, 3.8) is 0 Å². The monoisotopic (exact) mass is 255 g/mol. The average molecular weight is 255 g/mol. The second-order valence-corrected chi connectivity index (χ2v) is 4.39. The van der Waals surface area contributed by atoms with Crippen molar-refractivity contribution in [2.45, 2.75) is 6.92 Å². The van der Waals surface area contributed by atoms with Gasteiger partial charge in [-0.2, -0.15) is 0 Å². The Morgan fingerprint density at radius 3 is 2.63 bits per heavy atom. The van der Waals surface area contributed by atoms with E-state index in [1.165, 1.54) is 0 Å². The smallest absolute Gasteiger partial charge is 0.276 e. The largest absolute Gasteiger partial charge is 0.387 e. The number of hydrogen-bond donors (Lipinski definition) is 1. The molecule has 0 bridgehead atoms. The van der Waals surface area contributed by atoms with E-state index in [-0.39, 0.29) is 5.91 Å². The van der Waals surface area contributed by atoms with E-state index >= 15 is 0 Å². The number of hydrogen-bond acceptors (Lipinski definition) is 3. The molecule has 1 aromatic heterocycles. The number of amides is 1. The molecule has 0 aliphatic heterocycles. The van der Waals surface area contributed by atoms with Crippen molar-refractivity contribution in [2.24, 2.45) is 0 Å². The maximum absolute atomic E-state index is 12.3. The van der Waals surface area contributed by atoms with Gasteiger partial charge in [0.1, 0.15) is 5.69 Å². The predicted octanol–water partition coefficient (Wildman–Crippen LogP) is 2.71. The van der Waals surface area contributed by atoms with Gasteiger partial charge in [0.25, 0.3) is 5.91 Å². The standard InChI is InChI=1S/C15H17N3O/c1-11-5-4-6-13(9-11)18(3)15(19)14-8-7-12(16-2)10-17-14/h4-10,16H,1-3H3. The predicted molar refractivity (Wildman–Crippen MR) is 77.7 cm³/mol. The van der Waals surface area contributed by atoms with Crippen molar-refractivity contribution >= 4 is 17.3 Å². The average Bonchev–Trinajstić information content (AvgIpc) is 2.46. The second kappa shape index (κ2) is 5.52. The Hall–Kier alpha value is -2.36. The zero-order chi connectivity index (χ0) is 13.8. The topological polar surface area (TPSA) is 45.2 Å². The molecule has 1 N–H and O–H groups in total. The molecule has 1 amide bonds. The van der Waals surface area contributed by atoms with Gasteiger partial charge in [-0.1, -0.05) is 12.1 Å². The fraction of sp³-hybridized carbons (Fsp3) is 0.200. The van der Waals surface area contributed by atoms with Crippen LogP contribution in [0, 0.1) is 6.92 Å². The Morgan fingerprint density at radius 1 is 1.26 bits per heavy atom. The molecule has 0 aliphatic carbocycles. The normalized spacial score (nSPS) is 10.1. The van der Waals surface area contributed by atoms with Gasteiger partial charge in [0, 0.05) is 19.8 Å². The molecule has 4 heteroatoms. The van der Waals surface area contributed by atoms with Crippen LogP contribution >= 0.6 is 0 Å². The number of aryl methyl sites for hydroxylation is 1. The fourth-order valence-electron chi connectivity index (χ4n) is 1.79. The molecule has 0 saturated carbocycles. The second-order valence-electron chi connectivity index (χ2n) is 4.39. The minimum Gasteiger partial charge on any atom is -0.387 e. The molecular formula is C15H17N3O. The van der Waals surface area contributed by atoms with E-state index < -0.39 is 0 Å². The van der Waals surface area contributed by atoms with Gasteiger partial charge in [0.05, 0.1) is 11.9 Å². The van der Waals surface area contributed by atoms with Gasteiger partial charge in [-0.3, -0.25) is 4.79 Å². The summed E-state index contributed by atoms with van der Waals surface area (Å²) in [5.74, 6) is -0.117. The molecular weight excluding hydrogens is 238 g/mol. The van der Waals surface area contributed by atoms with E-state index in [9.17, 15) is 4.79 Å². The quantitative estimate of drug-likeness (QED) is 0.917. The van der Waals surface area contributed by atoms with Gasteiger partial charge in [-0.15, -0.1) is 0 Å². The van der Waals surface area contributed by atoms with Crippen LogP contribution < -0.4 is 10.2 Å². The summed E-state index contributed by atoms with van der Waals surface area (Å²) in [5.41, 5.74) is 3.30. The van der Waals surface area contributed by atoms with E-state index in [4.69, 9.17) is 0 Å². The molecule has 19 heavy (non-hydrogen) atoms. The first-order valence-electron chi connectivity index (χ1n) is 6.10. The number of nitrogens with zero attached hydrogens (tertiary/aromatic N) is 2. The summed E-state index contributed by atoms with van der Waals surface area (Å²) in [4.78, 5) is 18.1. The molecule has 0 spiro atoms. The number of aromatic nitrogens is 1. The fourth-order valence-corrected chi connectivity index (χ4v) is 1.79. The Kier molecular flexibility index (Phi) is 3.80. The van der Waals surface area contributed by atoms with E-state index in [0.29, 0.717) is 5.69 Å². The molecule has 0 saturated heterocycles. The number of pyridine rings is 1. The number of carbonyl (C=O) groups excluding carboxylic acids is 1. The molecule has 0 unspecified atom stereocenters. The van der Waals surface area contributed by atoms with E-state index in [1.54, 1.807) is 24.2 Å². The van der Waals surface area contributed by atoms with Gasteiger partial charge >= 0.3 is 0 Å². The first-order chi connectivity index (χ1) is 9.11. The zero-order valence-corrected chi connectivity index (χ0v) is 11.3. The zero-order valence-electron chi connectivity index (χ0n) is 11.3. The summed E-state index contributed by atoms with van der Waals surface area (Å²) >= 11 is 0. The summed E-state index contributed by atoms with van der Waals surface area (Å²) in [6, 6.07) is 11.4. The maximum Gasteiger partial charge on any atom is 0.276 e. The third kappa shape index (κ3) is 2.91. The van der Waals surface area contributed by atoms with Crippen LogP contribution in [0.1, 0.15) is 16.1 Å². The third-order valence-corrected chi connectivity index (χ3v) is 2.96. The van der Waals surface area contributed by atoms with Crippen molar-refractivity contribution < 1.29 is 4.79 Å². The lowest BCUT2D eigenvalue weighted by Crippen LogP contribution is -2.27. The lowest BCUT2D eigenvalue weighted by atomic mass is 10.2. The Morgan fingerprint density at radius 2 is 2.05 bits per heavy atom. The SMILES string of the molecule is CNc1ccc(C(=O)N(C)c2cccc(C)c2)nc1. The van der Waals surface area contributed by atoms with Gasteiger partial charge < -0.3 is 10.2 Å². The van der Waals surface area contributed by atoms with Crippen molar-refractivity contribution in [2.75, 3.05) is 24.3 Å². The number of nitrogens with one attached hydrogen (secondary N) is 1. The maximum atomic E-state index is 12.3. The minimum atomic E-state index is -0.117. The van der Waals surface area contributed by atoms with Gasteiger partial charge in [-0.25, -0.2) is 4.98 Å². The molecule has 98 valence electrons. The summed E-state index contributed by atoms with van der Waals surface area (Å²) in [6.45, 7) is 2.00. The lowest BCUT2D eigenvalue weighted by Gasteiger charge is -2.17. The van der Waals surface area contributed by atoms with Crippen LogP contribution in [-0.4, -0.2) is 25.0 Å². The van der Waals surface area contributed by atoms with Gasteiger partial charge in [0.15, 0.2) is 0 Å². The van der Waals surface area contributed by atoms with Crippen LogP contribution in [-0.2, 0) is 0 Å². The minimum absolute atomic E-state index is 0.117. The number of carbonyl (C=O) groups is 1. The number of rotatable bonds is 3. The molecule has 1 heterocycles. The highest BCUT2D eigenvalue weighted by atomic mass is 16.2. The van der Waals surface area contributed by atoms with Crippen molar-refractivity contribution in [1.82, 2.24) is 4.98 Å². The lowest BCUT2D eigenvalue weighted by molar-refractivity contribution is 0.0988. The highest BCUT2D eigenvalue weighted by Gasteiger charge is 2.14.